The minimum atomic E-state index is -0.497. The molecule has 1 saturated heterocycles. The Hall–Kier alpha value is -3.58. The number of anilines is 1. The van der Waals surface area contributed by atoms with Gasteiger partial charge in [0.2, 0.25) is 5.91 Å². The molecule has 3 aromatic carbocycles. The molecule has 1 fully saturated rings. The van der Waals surface area contributed by atoms with Crippen molar-refractivity contribution in [3.05, 3.63) is 101 Å². The Kier molecular flexibility index (Phi) is 8.21. The number of rotatable bonds is 9. The summed E-state index contributed by atoms with van der Waals surface area (Å²) in [5, 5.41) is 2.97. The average molecular weight is 478 g/mol. The SMILES string of the molecule is O=C(Cc1ccc(N(Cc2ccc(F)cc2)C(=O)c2cccc(F)c2)cc1)NCCN1CCCC1. The van der Waals surface area contributed by atoms with Crippen LogP contribution in [0.1, 0.15) is 34.3 Å². The summed E-state index contributed by atoms with van der Waals surface area (Å²) < 4.78 is 27.1. The van der Waals surface area contributed by atoms with Gasteiger partial charge in [-0.2, -0.15) is 0 Å². The van der Waals surface area contributed by atoms with Crippen molar-refractivity contribution in [1.82, 2.24) is 10.2 Å². The van der Waals surface area contributed by atoms with Gasteiger partial charge >= 0.3 is 0 Å². The maximum Gasteiger partial charge on any atom is 0.258 e. The summed E-state index contributed by atoms with van der Waals surface area (Å²) in [5.74, 6) is -1.28. The van der Waals surface area contributed by atoms with Crippen LogP contribution in [0.2, 0.25) is 0 Å². The van der Waals surface area contributed by atoms with E-state index in [-0.39, 0.29) is 36.2 Å². The zero-order valence-electron chi connectivity index (χ0n) is 19.6. The van der Waals surface area contributed by atoms with Crippen LogP contribution in [-0.4, -0.2) is 42.9 Å². The molecule has 0 bridgehead atoms. The molecule has 4 rings (SSSR count). The van der Waals surface area contributed by atoms with Gasteiger partial charge in [-0.15, -0.1) is 0 Å². The third-order valence-electron chi connectivity index (χ3n) is 6.13. The van der Waals surface area contributed by atoms with Crippen molar-refractivity contribution in [3.8, 4) is 0 Å². The fraction of sp³-hybridized carbons (Fsp3) is 0.286. The van der Waals surface area contributed by atoms with E-state index >= 15 is 0 Å². The molecule has 2 amide bonds. The van der Waals surface area contributed by atoms with Gasteiger partial charge in [-0.3, -0.25) is 9.59 Å². The fourth-order valence-corrected chi connectivity index (χ4v) is 4.23. The van der Waals surface area contributed by atoms with Gasteiger partial charge in [0, 0.05) is 24.3 Å². The van der Waals surface area contributed by atoms with Gasteiger partial charge in [-0.1, -0.05) is 30.3 Å². The Balaban J connectivity index is 1.44. The molecule has 5 nitrogen and oxygen atoms in total. The van der Waals surface area contributed by atoms with Gasteiger partial charge in [0.25, 0.3) is 5.91 Å². The van der Waals surface area contributed by atoms with Crippen molar-refractivity contribution >= 4 is 17.5 Å². The number of carbonyl (C=O) groups excluding carboxylic acids is 2. The van der Waals surface area contributed by atoms with E-state index in [1.54, 1.807) is 30.3 Å². The molecule has 0 saturated carbocycles. The summed E-state index contributed by atoms with van der Waals surface area (Å²) >= 11 is 0. The highest BCUT2D eigenvalue weighted by molar-refractivity contribution is 6.06. The first-order valence-corrected chi connectivity index (χ1v) is 11.9. The Morgan fingerprint density at radius 3 is 2.23 bits per heavy atom. The van der Waals surface area contributed by atoms with E-state index in [2.05, 4.69) is 10.2 Å². The lowest BCUT2D eigenvalue weighted by molar-refractivity contribution is -0.120. The number of hydrogen-bond acceptors (Lipinski definition) is 3. The average Bonchev–Trinajstić information content (AvgIpc) is 3.37. The van der Waals surface area contributed by atoms with Gasteiger partial charge < -0.3 is 15.1 Å². The van der Waals surface area contributed by atoms with Crippen LogP contribution in [0.4, 0.5) is 14.5 Å². The van der Waals surface area contributed by atoms with Crippen LogP contribution in [0.3, 0.4) is 0 Å². The fourth-order valence-electron chi connectivity index (χ4n) is 4.23. The first-order valence-electron chi connectivity index (χ1n) is 11.9. The zero-order chi connectivity index (χ0) is 24.6. The second-order valence-electron chi connectivity index (χ2n) is 8.77. The van der Waals surface area contributed by atoms with Crippen molar-refractivity contribution in [2.75, 3.05) is 31.1 Å². The quantitative estimate of drug-likeness (QED) is 0.491. The van der Waals surface area contributed by atoms with Crippen LogP contribution < -0.4 is 10.2 Å². The highest BCUT2D eigenvalue weighted by Crippen LogP contribution is 2.22. The molecule has 3 aromatic rings. The zero-order valence-corrected chi connectivity index (χ0v) is 19.6. The molecule has 0 atom stereocenters. The molecule has 35 heavy (non-hydrogen) atoms. The lowest BCUT2D eigenvalue weighted by Gasteiger charge is -2.23. The molecule has 0 spiro atoms. The van der Waals surface area contributed by atoms with Gasteiger partial charge in [0.05, 0.1) is 13.0 Å². The van der Waals surface area contributed by atoms with E-state index in [9.17, 15) is 18.4 Å². The monoisotopic (exact) mass is 477 g/mol. The molecule has 7 heteroatoms. The Labute approximate surface area is 204 Å². The van der Waals surface area contributed by atoms with Crippen molar-refractivity contribution in [2.24, 2.45) is 0 Å². The number of nitrogens with one attached hydrogen (secondary N) is 1. The maximum atomic E-state index is 13.8. The number of carbonyl (C=O) groups is 2. The van der Waals surface area contributed by atoms with Crippen molar-refractivity contribution in [1.29, 1.82) is 0 Å². The smallest absolute Gasteiger partial charge is 0.258 e. The maximum absolute atomic E-state index is 13.8. The van der Waals surface area contributed by atoms with Crippen LogP contribution in [0.15, 0.2) is 72.8 Å². The Morgan fingerprint density at radius 1 is 0.857 bits per heavy atom. The molecule has 1 aliphatic rings. The number of amides is 2. The van der Waals surface area contributed by atoms with E-state index < -0.39 is 5.82 Å². The molecule has 0 aliphatic carbocycles. The third kappa shape index (κ3) is 6.96. The molecule has 0 aromatic heterocycles. The summed E-state index contributed by atoms with van der Waals surface area (Å²) in [6.07, 6.45) is 2.69. The molecular formula is C28H29F2N3O2. The van der Waals surface area contributed by atoms with E-state index in [4.69, 9.17) is 0 Å². The van der Waals surface area contributed by atoms with Crippen LogP contribution >= 0.6 is 0 Å². The first kappa shape index (κ1) is 24.5. The number of likely N-dealkylation sites (tertiary alicyclic amines) is 1. The van der Waals surface area contributed by atoms with E-state index in [0.717, 1.165) is 30.8 Å². The molecule has 182 valence electrons. The third-order valence-corrected chi connectivity index (χ3v) is 6.13. The molecule has 1 aliphatic heterocycles. The van der Waals surface area contributed by atoms with Crippen LogP contribution in [0.25, 0.3) is 0 Å². The summed E-state index contributed by atoms with van der Waals surface area (Å²) in [6, 6.07) is 18.6. The summed E-state index contributed by atoms with van der Waals surface area (Å²) in [4.78, 5) is 29.5. The van der Waals surface area contributed by atoms with E-state index in [0.29, 0.717) is 12.2 Å². The highest BCUT2D eigenvalue weighted by atomic mass is 19.1. The van der Waals surface area contributed by atoms with Crippen LogP contribution in [0.5, 0.6) is 0 Å². The highest BCUT2D eigenvalue weighted by Gasteiger charge is 2.19. The minimum absolute atomic E-state index is 0.0454. The first-order chi connectivity index (χ1) is 17.0. The summed E-state index contributed by atoms with van der Waals surface area (Å²) in [5.41, 5.74) is 2.38. The van der Waals surface area contributed by atoms with Crippen molar-refractivity contribution in [2.45, 2.75) is 25.8 Å². The van der Waals surface area contributed by atoms with Gasteiger partial charge in [0.15, 0.2) is 0 Å². The largest absolute Gasteiger partial charge is 0.355 e. The molecule has 0 radical (unpaired) electrons. The molecule has 1 heterocycles. The topological polar surface area (TPSA) is 52.7 Å². The summed E-state index contributed by atoms with van der Waals surface area (Å²) in [6.45, 7) is 3.88. The van der Waals surface area contributed by atoms with Gasteiger partial charge in [-0.25, -0.2) is 8.78 Å². The normalized spacial score (nSPS) is 13.5. The minimum Gasteiger partial charge on any atom is -0.355 e. The molecule has 1 N–H and O–H groups in total. The second kappa shape index (κ2) is 11.7. The van der Waals surface area contributed by atoms with Crippen LogP contribution in [0, 0.1) is 11.6 Å². The predicted octanol–water partition coefficient (Wildman–Crippen LogP) is 4.57. The number of nitrogens with zero attached hydrogens (tertiary/aromatic N) is 2. The Bertz CT molecular complexity index is 1140. The number of hydrogen-bond donors (Lipinski definition) is 1. The van der Waals surface area contributed by atoms with Crippen molar-refractivity contribution in [3.63, 3.8) is 0 Å². The lowest BCUT2D eigenvalue weighted by atomic mass is 10.1. The van der Waals surface area contributed by atoms with E-state index in [1.807, 2.05) is 12.1 Å². The van der Waals surface area contributed by atoms with E-state index in [1.165, 1.54) is 48.1 Å². The van der Waals surface area contributed by atoms with Gasteiger partial charge in [0.1, 0.15) is 11.6 Å². The predicted molar refractivity (Wildman–Crippen MR) is 132 cm³/mol. The summed E-state index contributed by atoms with van der Waals surface area (Å²) in [7, 11) is 0. The number of halogens is 2. The molecule has 0 unspecified atom stereocenters. The number of benzene rings is 3. The molecular weight excluding hydrogens is 448 g/mol. The van der Waals surface area contributed by atoms with Crippen molar-refractivity contribution < 1.29 is 18.4 Å². The second-order valence-corrected chi connectivity index (χ2v) is 8.77. The van der Waals surface area contributed by atoms with Crippen LogP contribution in [-0.2, 0) is 17.8 Å². The lowest BCUT2D eigenvalue weighted by Crippen LogP contribution is -2.34. The Morgan fingerprint density at radius 2 is 1.54 bits per heavy atom. The standard InChI is InChI=1S/C28H29F2N3O2/c29-24-10-6-22(7-11-24)20-33(28(35)23-4-3-5-25(30)19-23)26-12-8-21(9-13-26)18-27(34)31-14-17-32-15-1-2-16-32/h3-13,19H,1-2,14-18,20H2,(H,31,34). The van der Waals surface area contributed by atoms with Gasteiger partial charge in [-0.05, 0) is 79.5 Å².